The van der Waals surface area contributed by atoms with Gasteiger partial charge in [-0.25, -0.2) is 9.97 Å². The van der Waals surface area contributed by atoms with Gasteiger partial charge in [0.2, 0.25) is 0 Å². The number of hydrogen-bond donors (Lipinski definition) is 1. The maximum Gasteiger partial charge on any atom is 0.188 e. The zero-order chi connectivity index (χ0) is 11.5. The van der Waals surface area contributed by atoms with Gasteiger partial charge < -0.3 is 9.73 Å². The van der Waals surface area contributed by atoms with Gasteiger partial charge >= 0.3 is 0 Å². The van der Waals surface area contributed by atoms with Crippen molar-refractivity contribution in [2.75, 3.05) is 5.32 Å². The summed E-state index contributed by atoms with van der Waals surface area (Å²) in [7, 11) is 0. The highest BCUT2D eigenvalue weighted by atomic mass is 35.5. The maximum absolute atomic E-state index is 5.03. The summed E-state index contributed by atoms with van der Waals surface area (Å²) >= 11 is 1.54. The van der Waals surface area contributed by atoms with E-state index in [9.17, 15) is 0 Å². The van der Waals surface area contributed by atoms with Crippen molar-refractivity contribution in [3.8, 4) is 11.3 Å². The van der Waals surface area contributed by atoms with Gasteiger partial charge in [-0.05, 0) is 18.2 Å². The van der Waals surface area contributed by atoms with Crippen molar-refractivity contribution < 1.29 is 4.42 Å². The lowest BCUT2D eigenvalue weighted by Gasteiger charge is -1.99. The zero-order valence-corrected chi connectivity index (χ0v) is 10.9. The van der Waals surface area contributed by atoms with E-state index in [4.69, 9.17) is 4.42 Å². The molecule has 0 aliphatic carbocycles. The van der Waals surface area contributed by atoms with Crippen LogP contribution in [-0.2, 0) is 0 Å². The Bertz CT molecular complexity index is 595. The Labute approximate surface area is 114 Å². The minimum Gasteiger partial charge on any atom is -0.472 e. The van der Waals surface area contributed by atoms with Crippen molar-refractivity contribution in [3.05, 3.63) is 48.4 Å². The maximum atomic E-state index is 5.03. The molecule has 0 aliphatic rings. The predicted molar refractivity (Wildman–Crippen MR) is 74.6 cm³/mol. The molecule has 0 radical (unpaired) electrons. The van der Waals surface area contributed by atoms with E-state index in [1.807, 2.05) is 29.6 Å². The largest absolute Gasteiger partial charge is 0.472 e. The molecule has 0 atom stereocenters. The molecule has 18 heavy (non-hydrogen) atoms. The molecule has 92 valence electrons. The third-order valence-corrected chi connectivity index (χ3v) is 2.98. The number of halogens is 1. The van der Waals surface area contributed by atoms with Gasteiger partial charge in [0.05, 0.1) is 18.2 Å². The number of anilines is 2. The zero-order valence-electron chi connectivity index (χ0n) is 9.24. The second-order valence-corrected chi connectivity index (χ2v) is 4.25. The average molecular weight is 280 g/mol. The molecule has 0 unspecified atom stereocenters. The normalized spacial score (nSPS) is 9.78. The minimum absolute atomic E-state index is 0. The predicted octanol–water partition coefficient (Wildman–Crippen LogP) is 3.96. The quantitative estimate of drug-likeness (QED) is 0.788. The summed E-state index contributed by atoms with van der Waals surface area (Å²) in [6.07, 6.45) is 5.06. The molecule has 3 heterocycles. The van der Waals surface area contributed by atoms with Crippen LogP contribution >= 0.6 is 23.7 Å². The van der Waals surface area contributed by atoms with E-state index in [1.165, 1.54) is 11.3 Å². The standard InChI is InChI=1S/C12H9N3OS.ClH/c1-2-5-13-11(3-1)15-12-14-10(8-17-12)9-4-6-16-7-9;/h1-8H,(H,13,14,15);1H. The van der Waals surface area contributed by atoms with Crippen LogP contribution in [0.15, 0.2) is 52.8 Å². The Morgan fingerprint density at radius 2 is 2.17 bits per heavy atom. The molecule has 0 fully saturated rings. The summed E-state index contributed by atoms with van der Waals surface area (Å²) in [5.74, 6) is 0.792. The molecule has 0 aliphatic heterocycles. The van der Waals surface area contributed by atoms with Crippen LogP contribution in [0.2, 0.25) is 0 Å². The van der Waals surface area contributed by atoms with Gasteiger partial charge in [-0.3, -0.25) is 0 Å². The second kappa shape index (κ2) is 5.66. The monoisotopic (exact) mass is 279 g/mol. The molecule has 0 aromatic carbocycles. The van der Waals surface area contributed by atoms with Gasteiger partial charge in [-0.1, -0.05) is 6.07 Å². The fourth-order valence-corrected chi connectivity index (χ4v) is 2.15. The first-order chi connectivity index (χ1) is 8.42. The number of nitrogens with zero attached hydrogens (tertiary/aromatic N) is 2. The lowest BCUT2D eigenvalue weighted by molar-refractivity contribution is 0.568. The van der Waals surface area contributed by atoms with Crippen molar-refractivity contribution in [1.29, 1.82) is 0 Å². The van der Waals surface area contributed by atoms with E-state index in [-0.39, 0.29) is 12.4 Å². The molecular weight excluding hydrogens is 270 g/mol. The number of rotatable bonds is 3. The summed E-state index contributed by atoms with van der Waals surface area (Å²) in [6.45, 7) is 0. The molecule has 0 amide bonds. The molecule has 3 rings (SSSR count). The topological polar surface area (TPSA) is 51.0 Å². The van der Waals surface area contributed by atoms with Crippen molar-refractivity contribution >= 4 is 34.7 Å². The Morgan fingerprint density at radius 3 is 2.89 bits per heavy atom. The molecule has 3 aromatic rings. The number of hydrogen-bond acceptors (Lipinski definition) is 5. The van der Waals surface area contributed by atoms with Gasteiger partial charge in [-0.2, -0.15) is 0 Å². The second-order valence-electron chi connectivity index (χ2n) is 3.39. The molecule has 4 nitrogen and oxygen atoms in total. The molecule has 6 heteroatoms. The van der Waals surface area contributed by atoms with Crippen molar-refractivity contribution in [2.24, 2.45) is 0 Å². The number of thiazole rings is 1. The summed E-state index contributed by atoms with van der Waals surface area (Å²) in [6, 6.07) is 7.60. The van der Waals surface area contributed by atoms with Crippen LogP contribution in [0.4, 0.5) is 10.9 Å². The minimum atomic E-state index is 0. The number of furan rings is 1. The molecule has 0 saturated carbocycles. The van der Waals surface area contributed by atoms with Gasteiger partial charge in [0.15, 0.2) is 5.13 Å². The number of pyridine rings is 1. The van der Waals surface area contributed by atoms with Crippen LogP contribution < -0.4 is 5.32 Å². The summed E-state index contributed by atoms with van der Waals surface area (Å²) in [5.41, 5.74) is 1.89. The fourth-order valence-electron chi connectivity index (χ4n) is 1.42. The lowest BCUT2D eigenvalue weighted by atomic mass is 10.3. The summed E-state index contributed by atoms with van der Waals surface area (Å²) in [4.78, 5) is 8.64. The van der Waals surface area contributed by atoms with Gasteiger partial charge in [0.25, 0.3) is 0 Å². The average Bonchev–Trinajstić information content (AvgIpc) is 3.00. The molecule has 0 bridgehead atoms. The first-order valence-electron chi connectivity index (χ1n) is 5.08. The third kappa shape index (κ3) is 2.69. The van der Waals surface area contributed by atoms with Crippen LogP contribution in [0, 0.1) is 0 Å². The Hall–Kier alpha value is -1.85. The van der Waals surface area contributed by atoms with Crippen molar-refractivity contribution in [3.63, 3.8) is 0 Å². The van der Waals surface area contributed by atoms with Gasteiger partial charge in [-0.15, -0.1) is 23.7 Å². The van der Waals surface area contributed by atoms with E-state index in [0.29, 0.717) is 0 Å². The van der Waals surface area contributed by atoms with E-state index in [0.717, 1.165) is 22.2 Å². The SMILES string of the molecule is Cl.c1ccc(Nc2nc(-c3ccoc3)cs2)nc1. The first-order valence-corrected chi connectivity index (χ1v) is 5.96. The highest BCUT2D eigenvalue weighted by molar-refractivity contribution is 7.14. The summed E-state index contributed by atoms with van der Waals surface area (Å²) < 4.78 is 5.03. The van der Waals surface area contributed by atoms with Crippen molar-refractivity contribution in [2.45, 2.75) is 0 Å². The Morgan fingerprint density at radius 1 is 1.22 bits per heavy atom. The molecule has 3 aromatic heterocycles. The fraction of sp³-hybridized carbons (Fsp3) is 0. The lowest BCUT2D eigenvalue weighted by Crippen LogP contribution is -1.91. The van der Waals surface area contributed by atoms with Crippen LogP contribution in [0.1, 0.15) is 0 Å². The van der Waals surface area contributed by atoms with E-state index < -0.39 is 0 Å². The first kappa shape index (κ1) is 12.6. The third-order valence-electron chi connectivity index (χ3n) is 2.22. The highest BCUT2D eigenvalue weighted by Crippen LogP contribution is 2.26. The Balaban J connectivity index is 0.00000120. The Kier molecular flexibility index (Phi) is 3.96. The molecule has 1 N–H and O–H groups in total. The molecule has 0 spiro atoms. The molecular formula is C12H10ClN3OS. The van der Waals surface area contributed by atoms with Gasteiger partial charge in [0, 0.05) is 17.1 Å². The van der Waals surface area contributed by atoms with Crippen LogP contribution in [0.3, 0.4) is 0 Å². The molecule has 0 saturated heterocycles. The summed E-state index contributed by atoms with van der Waals surface area (Å²) in [5, 5.41) is 5.95. The van der Waals surface area contributed by atoms with Crippen LogP contribution in [0.25, 0.3) is 11.3 Å². The van der Waals surface area contributed by atoms with Crippen LogP contribution in [-0.4, -0.2) is 9.97 Å². The van der Waals surface area contributed by atoms with E-state index in [2.05, 4.69) is 15.3 Å². The van der Waals surface area contributed by atoms with E-state index >= 15 is 0 Å². The number of nitrogens with one attached hydrogen (secondary N) is 1. The van der Waals surface area contributed by atoms with E-state index in [1.54, 1.807) is 18.7 Å². The van der Waals surface area contributed by atoms with Gasteiger partial charge in [0.1, 0.15) is 5.82 Å². The smallest absolute Gasteiger partial charge is 0.188 e. The highest BCUT2D eigenvalue weighted by Gasteiger charge is 2.05. The number of aromatic nitrogens is 2. The van der Waals surface area contributed by atoms with Crippen LogP contribution in [0.5, 0.6) is 0 Å². The van der Waals surface area contributed by atoms with Crippen molar-refractivity contribution in [1.82, 2.24) is 9.97 Å².